The first-order valence-electron chi connectivity index (χ1n) is 4.95. The predicted molar refractivity (Wildman–Crippen MR) is 57.6 cm³/mol. The van der Waals surface area contributed by atoms with E-state index < -0.39 is 5.60 Å². The van der Waals surface area contributed by atoms with E-state index in [1.165, 1.54) is 6.92 Å². The SMILES string of the molecule is CC(O)(C=O)Cc1ccc(CCO)cc1. The van der Waals surface area contributed by atoms with Crippen LogP contribution in [0.4, 0.5) is 0 Å². The van der Waals surface area contributed by atoms with E-state index >= 15 is 0 Å². The Bertz CT molecular complexity index is 314. The first kappa shape index (κ1) is 11.9. The summed E-state index contributed by atoms with van der Waals surface area (Å²) in [4.78, 5) is 10.5. The molecule has 0 saturated heterocycles. The quantitative estimate of drug-likeness (QED) is 0.701. The van der Waals surface area contributed by atoms with Crippen LogP contribution in [0.25, 0.3) is 0 Å². The average Bonchev–Trinajstić information content (AvgIpc) is 2.21. The lowest BCUT2D eigenvalue weighted by Gasteiger charge is -2.15. The molecular formula is C12H16O3. The zero-order valence-corrected chi connectivity index (χ0v) is 8.81. The summed E-state index contributed by atoms with van der Waals surface area (Å²) in [6, 6.07) is 7.52. The fourth-order valence-electron chi connectivity index (χ4n) is 1.41. The highest BCUT2D eigenvalue weighted by molar-refractivity contribution is 5.62. The van der Waals surface area contributed by atoms with Crippen LogP contribution < -0.4 is 0 Å². The maximum Gasteiger partial charge on any atom is 0.151 e. The van der Waals surface area contributed by atoms with Crippen LogP contribution in [-0.2, 0) is 17.6 Å². The van der Waals surface area contributed by atoms with E-state index in [1.54, 1.807) is 0 Å². The summed E-state index contributed by atoms with van der Waals surface area (Å²) < 4.78 is 0. The van der Waals surface area contributed by atoms with Gasteiger partial charge in [-0.25, -0.2) is 0 Å². The van der Waals surface area contributed by atoms with Crippen LogP contribution >= 0.6 is 0 Å². The molecule has 82 valence electrons. The van der Waals surface area contributed by atoms with Gasteiger partial charge in [-0.3, -0.25) is 0 Å². The van der Waals surface area contributed by atoms with Crippen molar-refractivity contribution in [1.29, 1.82) is 0 Å². The number of aliphatic hydroxyl groups excluding tert-OH is 1. The first-order valence-corrected chi connectivity index (χ1v) is 4.95. The Morgan fingerprint density at radius 2 is 1.80 bits per heavy atom. The van der Waals surface area contributed by atoms with Crippen molar-refractivity contribution in [2.24, 2.45) is 0 Å². The normalized spacial score (nSPS) is 14.6. The van der Waals surface area contributed by atoms with Crippen molar-refractivity contribution in [1.82, 2.24) is 0 Å². The first-order chi connectivity index (χ1) is 7.07. The van der Waals surface area contributed by atoms with Gasteiger partial charge in [-0.1, -0.05) is 24.3 Å². The molecule has 1 aromatic carbocycles. The number of hydrogen-bond acceptors (Lipinski definition) is 3. The second-order valence-electron chi connectivity index (χ2n) is 3.94. The highest BCUT2D eigenvalue weighted by Crippen LogP contribution is 2.12. The Labute approximate surface area is 89.4 Å². The molecule has 0 fully saturated rings. The maximum atomic E-state index is 10.5. The third-order valence-electron chi connectivity index (χ3n) is 2.24. The second kappa shape index (κ2) is 5.05. The van der Waals surface area contributed by atoms with Crippen molar-refractivity contribution in [3.8, 4) is 0 Å². The van der Waals surface area contributed by atoms with Crippen molar-refractivity contribution in [2.75, 3.05) is 6.61 Å². The zero-order valence-electron chi connectivity index (χ0n) is 8.81. The maximum absolute atomic E-state index is 10.5. The van der Waals surface area contributed by atoms with Gasteiger partial charge in [0.15, 0.2) is 6.29 Å². The van der Waals surface area contributed by atoms with Crippen molar-refractivity contribution >= 4 is 6.29 Å². The van der Waals surface area contributed by atoms with Crippen molar-refractivity contribution < 1.29 is 15.0 Å². The molecule has 0 aliphatic carbocycles. The molecular weight excluding hydrogens is 192 g/mol. The highest BCUT2D eigenvalue weighted by atomic mass is 16.3. The van der Waals surface area contributed by atoms with E-state index in [1.807, 2.05) is 24.3 Å². The molecule has 1 rings (SSSR count). The number of hydrogen-bond donors (Lipinski definition) is 2. The van der Waals surface area contributed by atoms with Gasteiger partial charge in [0, 0.05) is 13.0 Å². The number of aldehydes is 1. The third kappa shape index (κ3) is 3.81. The van der Waals surface area contributed by atoms with Gasteiger partial charge in [0.1, 0.15) is 5.60 Å². The van der Waals surface area contributed by atoms with Gasteiger partial charge in [0.25, 0.3) is 0 Å². The fraction of sp³-hybridized carbons (Fsp3) is 0.417. The third-order valence-corrected chi connectivity index (χ3v) is 2.24. The lowest BCUT2D eigenvalue weighted by Crippen LogP contribution is -2.28. The minimum absolute atomic E-state index is 0.130. The monoisotopic (exact) mass is 208 g/mol. The Hall–Kier alpha value is -1.19. The van der Waals surface area contributed by atoms with E-state index in [0.29, 0.717) is 19.1 Å². The summed E-state index contributed by atoms with van der Waals surface area (Å²) in [7, 11) is 0. The van der Waals surface area contributed by atoms with E-state index in [2.05, 4.69) is 0 Å². The van der Waals surface area contributed by atoms with Gasteiger partial charge >= 0.3 is 0 Å². The van der Waals surface area contributed by atoms with E-state index in [-0.39, 0.29) is 6.61 Å². The van der Waals surface area contributed by atoms with Crippen molar-refractivity contribution in [3.05, 3.63) is 35.4 Å². The van der Waals surface area contributed by atoms with E-state index in [9.17, 15) is 9.90 Å². The zero-order chi connectivity index (χ0) is 11.3. The van der Waals surface area contributed by atoms with Crippen LogP contribution in [0.3, 0.4) is 0 Å². The number of rotatable bonds is 5. The van der Waals surface area contributed by atoms with E-state index in [4.69, 9.17) is 5.11 Å². The van der Waals surface area contributed by atoms with Crippen molar-refractivity contribution in [2.45, 2.75) is 25.4 Å². The van der Waals surface area contributed by atoms with Crippen LogP contribution in [0, 0.1) is 0 Å². The number of carbonyl (C=O) groups is 1. The molecule has 0 aliphatic heterocycles. The molecule has 3 heteroatoms. The van der Waals surface area contributed by atoms with Crippen LogP contribution in [0.2, 0.25) is 0 Å². The molecule has 1 unspecified atom stereocenters. The standard InChI is InChI=1S/C12H16O3/c1-12(15,9-14)8-11-4-2-10(3-5-11)6-7-13/h2-5,9,13,15H,6-8H2,1H3. The number of benzene rings is 1. The molecule has 0 aliphatic rings. The number of carbonyl (C=O) groups excluding carboxylic acids is 1. The molecule has 0 bridgehead atoms. The lowest BCUT2D eigenvalue weighted by atomic mass is 9.97. The summed E-state index contributed by atoms with van der Waals surface area (Å²) in [6.07, 6.45) is 1.49. The Balaban J connectivity index is 2.68. The van der Waals surface area contributed by atoms with Crippen LogP contribution in [0.5, 0.6) is 0 Å². The molecule has 2 N–H and O–H groups in total. The summed E-state index contributed by atoms with van der Waals surface area (Å²) in [5.74, 6) is 0. The summed E-state index contributed by atoms with van der Waals surface area (Å²) in [5.41, 5.74) is 0.666. The Morgan fingerprint density at radius 3 is 2.27 bits per heavy atom. The topological polar surface area (TPSA) is 57.5 Å². The van der Waals surface area contributed by atoms with Crippen LogP contribution in [0.15, 0.2) is 24.3 Å². The fourth-order valence-corrected chi connectivity index (χ4v) is 1.41. The molecule has 0 spiro atoms. The van der Waals surface area contributed by atoms with Crippen LogP contribution in [0.1, 0.15) is 18.1 Å². The molecule has 0 saturated carbocycles. The minimum Gasteiger partial charge on any atom is -0.396 e. The minimum atomic E-state index is -1.29. The van der Waals surface area contributed by atoms with Gasteiger partial charge in [0.2, 0.25) is 0 Å². The molecule has 0 amide bonds. The molecule has 1 atom stereocenters. The second-order valence-corrected chi connectivity index (χ2v) is 3.94. The van der Waals surface area contributed by atoms with Gasteiger partial charge < -0.3 is 15.0 Å². The predicted octanol–water partition coefficient (Wildman–Crippen LogP) is 0.714. The lowest BCUT2D eigenvalue weighted by molar-refractivity contribution is -0.122. The Kier molecular flexibility index (Phi) is 4.00. The smallest absolute Gasteiger partial charge is 0.151 e. The summed E-state index contributed by atoms with van der Waals surface area (Å²) in [6.45, 7) is 1.62. The number of aliphatic hydroxyl groups is 2. The molecule has 0 aromatic heterocycles. The average molecular weight is 208 g/mol. The van der Waals surface area contributed by atoms with Gasteiger partial charge in [0.05, 0.1) is 0 Å². The Morgan fingerprint density at radius 1 is 1.27 bits per heavy atom. The highest BCUT2D eigenvalue weighted by Gasteiger charge is 2.19. The molecule has 1 aromatic rings. The molecule has 15 heavy (non-hydrogen) atoms. The summed E-state index contributed by atoms with van der Waals surface area (Å²) in [5, 5.41) is 18.3. The molecule has 3 nitrogen and oxygen atoms in total. The van der Waals surface area contributed by atoms with Crippen molar-refractivity contribution in [3.63, 3.8) is 0 Å². The largest absolute Gasteiger partial charge is 0.396 e. The van der Waals surface area contributed by atoms with Gasteiger partial charge in [-0.05, 0) is 24.5 Å². The van der Waals surface area contributed by atoms with Gasteiger partial charge in [-0.15, -0.1) is 0 Å². The molecule has 0 heterocycles. The van der Waals surface area contributed by atoms with Gasteiger partial charge in [-0.2, -0.15) is 0 Å². The van der Waals surface area contributed by atoms with E-state index in [0.717, 1.165) is 11.1 Å². The van der Waals surface area contributed by atoms with Crippen LogP contribution in [-0.4, -0.2) is 28.7 Å². The molecule has 0 radical (unpaired) electrons. The summed E-state index contributed by atoms with van der Waals surface area (Å²) >= 11 is 0.